The molecule has 58 valence electrons. The third kappa shape index (κ3) is 1.87. The largest absolute Gasteiger partial charge is 0.145 e. The molecule has 0 aromatic heterocycles. The first kappa shape index (κ1) is 8.40. The van der Waals surface area contributed by atoms with Gasteiger partial charge in [-0.2, -0.15) is 0 Å². The van der Waals surface area contributed by atoms with E-state index in [-0.39, 0.29) is 0 Å². The Labute approximate surface area is 73.7 Å². The quantitative estimate of drug-likeness (QED) is 0.548. The molecule has 0 amide bonds. The number of benzene rings is 1. The molecule has 0 aliphatic carbocycles. The van der Waals surface area contributed by atoms with E-state index in [9.17, 15) is 4.91 Å². The summed E-state index contributed by atoms with van der Waals surface area (Å²) in [5.74, 6) is 0. The van der Waals surface area contributed by atoms with Crippen LogP contribution in [-0.4, -0.2) is 0 Å². The highest BCUT2D eigenvalue weighted by molar-refractivity contribution is 9.08. The lowest BCUT2D eigenvalue weighted by molar-refractivity contribution is 1.30. The molecule has 0 fully saturated rings. The lowest BCUT2D eigenvalue weighted by Crippen LogP contribution is -1.81. The van der Waals surface area contributed by atoms with Crippen LogP contribution in [0, 0.1) is 11.8 Å². The van der Waals surface area contributed by atoms with Crippen LogP contribution in [0.5, 0.6) is 0 Å². The molecular formula is C8H8BrNO. The first-order chi connectivity index (χ1) is 5.27. The molecule has 0 spiro atoms. The van der Waals surface area contributed by atoms with Crippen molar-refractivity contribution in [3.05, 3.63) is 34.2 Å². The number of hydrogen-bond donors (Lipinski definition) is 0. The Hall–Kier alpha value is -0.700. The summed E-state index contributed by atoms with van der Waals surface area (Å²) in [7, 11) is 0. The van der Waals surface area contributed by atoms with Crippen molar-refractivity contribution in [1.82, 2.24) is 0 Å². The summed E-state index contributed by atoms with van der Waals surface area (Å²) in [6.07, 6.45) is 0. The Morgan fingerprint density at radius 3 is 2.73 bits per heavy atom. The zero-order valence-corrected chi connectivity index (χ0v) is 7.76. The van der Waals surface area contributed by atoms with Crippen molar-refractivity contribution in [2.75, 3.05) is 0 Å². The van der Waals surface area contributed by atoms with Crippen LogP contribution >= 0.6 is 15.9 Å². The zero-order valence-electron chi connectivity index (χ0n) is 6.17. The summed E-state index contributed by atoms with van der Waals surface area (Å²) in [4.78, 5) is 10.1. The molecule has 0 heterocycles. The Balaban J connectivity index is 3.09. The molecule has 0 atom stereocenters. The number of hydrogen-bond acceptors (Lipinski definition) is 2. The average molecular weight is 214 g/mol. The lowest BCUT2D eigenvalue weighted by atomic mass is 10.1. The maximum Gasteiger partial charge on any atom is 0.108 e. The van der Waals surface area contributed by atoms with Gasteiger partial charge in [-0.15, -0.1) is 4.91 Å². The molecule has 1 rings (SSSR count). The molecule has 1 aromatic carbocycles. The Kier molecular flexibility index (Phi) is 2.76. The molecule has 0 unspecified atom stereocenters. The van der Waals surface area contributed by atoms with Gasteiger partial charge in [0.2, 0.25) is 0 Å². The van der Waals surface area contributed by atoms with Crippen molar-refractivity contribution in [2.24, 2.45) is 5.18 Å². The monoisotopic (exact) mass is 213 g/mol. The smallest absolute Gasteiger partial charge is 0.108 e. The predicted molar refractivity (Wildman–Crippen MR) is 49.3 cm³/mol. The van der Waals surface area contributed by atoms with Crippen LogP contribution in [0.3, 0.4) is 0 Å². The summed E-state index contributed by atoms with van der Waals surface area (Å²) >= 11 is 3.35. The zero-order chi connectivity index (χ0) is 8.27. The maximum atomic E-state index is 10.1. The van der Waals surface area contributed by atoms with Crippen LogP contribution in [0.15, 0.2) is 23.4 Å². The van der Waals surface area contributed by atoms with E-state index in [1.54, 1.807) is 12.1 Å². The van der Waals surface area contributed by atoms with Crippen molar-refractivity contribution in [2.45, 2.75) is 12.3 Å². The first-order valence-corrected chi connectivity index (χ1v) is 4.39. The van der Waals surface area contributed by atoms with Gasteiger partial charge in [-0.25, -0.2) is 0 Å². The fourth-order valence-corrected chi connectivity index (χ4v) is 1.52. The molecule has 0 aliphatic rings. The minimum absolute atomic E-state index is 0.493. The molecule has 11 heavy (non-hydrogen) atoms. The van der Waals surface area contributed by atoms with Gasteiger partial charge in [0, 0.05) is 5.33 Å². The van der Waals surface area contributed by atoms with E-state index in [1.807, 2.05) is 13.0 Å². The molecule has 0 saturated carbocycles. The lowest BCUT2D eigenvalue weighted by Gasteiger charge is -1.99. The fraction of sp³-hybridized carbons (Fsp3) is 0.250. The molecule has 0 radical (unpaired) electrons. The normalized spacial score (nSPS) is 9.64. The Bertz CT molecular complexity index is 273. The standard InChI is InChI=1S/C8H8BrNO/c1-6-4-8(10-11)3-2-7(6)5-9/h2-4H,5H2,1H3. The van der Waals surface area contributed by atoms with Gasteiger partial charge in [-0.3, -0.25) is 0 Å². The summed E-state index contributed by atoms with van der Waals surface area (Å²) in [5, 5.41) is 3.66. The van der Waals surface area contributed by atoms with Crippen molar-refractivity contribution in [1.29, 1.82) is 0 Å². The Morgan fingerprint density at radius 1 is 1.55 bits per heavy atom. The van der Waals surface area contributed by atoms with E-state index in [2.05, 4.69) is 21.1 Å². The van der Waals surface area contributed by atoms with Crippen molar-refractivity contribution < 1.29 is 0 Å². The number of halogens is 1. The molecule has 0 bridgehead atoms. The maximum absolute atomic E-state index is 10.1. The van der Waals surface area contributed by atoms with E-state index in [0.29, 0.717) is 5.69 Å². The molecule has 3 heteroatoms. The van der Waals surface area contributed by atoms with Crippen LogP contribution < -0.4 is 0 Å². The molecular weight excluding hydrogens is 206 g/mol. The first-order valence-electron chi connectivity index (χ1n) is 3.27. The summed E-state index contributed by atoms with van der Waals surface area (Å²) in [6.45, 7) is 1.96. The highest BCUT2D eigenvalue weighted by atomic mass is 79.9. The minimum atomic E-state index is 0.493. The van der Waals surface area contributed by atoms with Crippen LogP contribution in [0.2, 0.25) is 0 Å². The highest BCUT2D eigenvalue weighted by Crippen LogP contribution is 2.18. The third-order valence-corrected chi connectivity index (χ3v) is 2.18. The van der Waals surface area contributed by atoms with Gasteiger partial charge < -0.3 is 0 Å². The predicted octanol–water partition coefficient (Wildman–Crippen LogP) is 3.29. The number of nitroso groups, excluding NO2 is 1. The summed E-state index contributed by atoms with van der Waals surface area (Å²) in [5.41, 5.74) is 2.78. The van der Waals surface area contributed by atoms with E-state index < -0.39 is 0 Å². The van der Waals surface area contributed by atoms with Gasteiger partial charge in [0.25, 0.3) is 0 Å². The molecule has 1 aromatic rings. The van der Waals surface area contributed by atoms with Gasteiger partial charge in [0.15, 0.2) is 0 Å². The number of rotatable bonds is 2. The molecule has 2 nitrogen and oxygen atoms in total. The fourth-order valence-electron chi connectivity index (χ4n) is 0.887. The SMILES string of the molecule is Cc1cc(N=O)ccc1CBr. The second kappa shape index (κ2) is 3.62. The van der Waals surface area contributed by atoms with E-state index in [0.717, 1.165) is 10.9 Å². The Morgan fingerprint density at radius 2 is 2.27 bits per heavy atom. The second-order valence-corrected chi connectivity index (χ2v) is 2.90. The van der Waals surface area contributed by atoms with Gasteiger partial charge in [-0.1, -0.05) is 22.0 Å². The highest BCUT2D eigenvalue weighted by Gasteiger charge is 1.97. The van der Waals surface area contributed by atoms with Crippen molar-refractivity contribution in [3.8, 4) is 0 Å². The molecule has 0 N–H and O–H groups in total. The van der Waals surface area contributed by atoms with Crippen LogP contribution in [0.4, 0.5) is 5.69 Å². The van der Waals surface area contributed by atoms with Gasteiger partial charge in [0.05, 0.1) is 0 Å². The second-order valence-electron chi connectivity index (χ2n) is 2.34. The minimum Gasteiger partial charge on any atom is -0.145 e. The van der Waals surface area contributed by atoms with Crippen molar-refractivity contribution >= 4 is 21.6 Å². The average Bonchev–Trinajstić information content (AvgIpc) is 2.04. The summed E-state index contributed by atoms with van der Waals surface area (Å²) in [6, 6.07) is 5.40. The van der Waals surface area contributed by atoms with Crippen molar-refractivity contribution in [3.63, 3.8) is 0 Å². The molecule has 0 aliphatic heterocycles. The van der Waals surface area contributed by atoms with E-state index >= 15 is 0 Å². The number of alkyl halides is 1. The topological polar surface area (TPSA) is 29.4 Å². The van der Waals surface area contributed by atoms with Crippen LogP contribution in [-0.2, 0) is 5.33 Å². The number of aryl methyl sites for hydroxylation is 1. The van der Waals surface area contributed by atoms with Gasteiger partial charge in [-0.05, 0) is 35.4 Å². The molecule has 0 saturated heterocycles. The van der Waals surface area contributed by atoms with Crippen LogP contribution in [0.1, 0.15) is 11.1 Å². The van der Waals surface area contributed by atoms with E-state index in [4.69, 9.17) is 0 Å². The number of nitrogens with zero attached hydrogens (tertiary/aromatic N) is 1. The van der Waals surface area contributed by atoms with Gasteiger partial charge in [0.1, 0.15) is 5.69 Å². The third-order valence-electron chi connectivity index (χ3n) is 1.58. The van der Waals surface area contributed by atoms with Gasteiger partial charge >= 0.3 is 0 Å². The van der Waals surface area contributed by atoms with Crippen LogP contribution in [0.25, 0.3) is 0 Å². The summed E-state index contributed by atoms with van der Waals surface area (Å²) < 4.78 is 0. The van der Waals surface area contributed by atoms with E-state index in [1.165, 1.54) is 5.56 Å².